The van der Waals surface area contributed by atoms with Crippen LogP contribution < -0.4 is 0 Å². The van der Waals surface area contributed by atoms with Gasteiger partial charge < -0.3 is 10.2 Å². The van der Waals surface area contributed by atoms with Crippen LogP contribution in [0, 0.1) is 11.8 Å². The van der Waals surface area contributed by atoms with E-state index in [1.54, 1.807) is 6.92 Å². The molecule has 6 nitrogen and oxygen atoms in total. The minimum atomic E-state index is -3.72. The summed E-state index contributed by atoms with van der Waals surface area (Å²) in [5.41, 5.74) is 0.403. The summed E-state index contributed by atoms with van der Waals surface area (Å²) >= 11 is 0. The Kier molecular flexibility index (Phi) is 5.44. The van der Waals surface area contributed by atoms with Gasteiger partial charge in [-0.1, -0.05) is 11.8 Å². The smallest absolute Gasteiger partial charge is 0.244 e. The predicted molar refractivity (Wildman–Crippen MR) is 69.7 cm³/mol. The molecule has 0 amide bonds. The molecule has 1 heterocycles. The molecule has 0 saturated carbocycles. The van der Waals surface area contributed by atoms with E-state index in [1.165, 1.54) is 25.5 Å². The van der Waals surface area contributed by atoms with Crippen molar-refractivity contribution in [2.24, 2.45) is 0 Å². The third-order valence-corrected chi connectivity index (χ3v) is 4.52. The van der Waals surface area contributed by atoms with Gasteiger partial charge in [-0.3, -0.25) is 4.98 Å². The molecule has 0 saturated heterocycles. The number of aliphatic hydroxyl groups is 2. The number of rotatable bonds is 4. The van der Waals surface area contributed by atoms with Crippen molar-refractivity contribution in [3.8, 4) is 11.8 Å². The average molecular weight is 284 g/mol. The van der Waals surface area contributed by atoms with Gasteiger partial charge in [0.15, 0.2) is 0 Å². The minimum absolute atomic E-state index is 0.0000368. The second kappa shape index (κ2) is 6.63. The van der Waals surface area contributed by atoms with Gasteiger partial charge in [0.2, 0.25) is 10.0 Å². The molecule has 0 aliphatic heterocycles. The summed E-state index contributed by atoms with van der Waals surface area (Å²) in [6.45, 7) is 1.02. The molecule has 1 aromatic rings. The van der Waals surface area contributed by atoms with Gasteiger partial charge in [-0.15, -0.1) is 0 Å². The highest BCUT2D eigenvalue weighted by molar-refractivity contribution is 7.89. The number of aliphatic hydroxyl groups excluding tert-OH is 2. The molecule has 2 N–H and O–H groups in total. The number of aromatic nitrogens is 1. The van der Waals surface area contributed by atoms with Crippen molar-refractivity contribution < 1.29 is 18.6 Å². The molecule has 0 radical (unpaired) electrons. The van der Waals surface area contributed by atoms with Crippen LogP contribution in [-0.2, 0) is 10.0 Å². The van der Waals surface area contributed by atoms with Crippen molar-refractivity contribution in [3.05, 3.63) is 24.0 Å². The fourth-order valence-electron chi connectivity index (χ4n) is 1.29. The summed E-state index contributed by atoms with van der Waals surface area (Å²) in [4.78, 5) is 3.82. The first kappa shape index (κ1) is 15.6. The van der Waals surface area contributed by atoms with Crippen LogP contribution in [0.4, 0.5) is 0 Å². The molecule has 0 fully saturated rings. The van der Waals surface area contributed by atoms with Gasteiger partial charge in [0.25, 0.3) is 0 Å². The average Bonchev–Trinajstić information content (AvgIpc) is 2.43. The van der Waals surface area contributed by atoms with Crippen LogP contribution in [-0.4, -0.2) is 54.2 Å². The lowest BCUT2D eigenvalue weighted by Gasteiger charge is -2.22. The summed E-state index contributed by atoms with van der Waals surface area (Å²) < 4.78 is 25.5. The zero-order chi connectivity index (χ0) is 14.5. The molecule has 0 aliphatic carbocycles. The van der Waals surface area contributed by atoms with Crippen molar-refractivity contribution in [1.29, 1.82) is 0 Å². The van der Waals surface area contributed by atoms with Crippen molar-refractivity contribution >= 4 is 10.0 Å². The van der Waals surface area contributed by atoms with Crippen molar-refractivity contribution in [2.45, 2.75) is 17.9 Å². The summed E-state index contributed by atoms with van der Waals surface area (Å²) in [6, 6.07) is 0.850. The lowest BCUT2D eigenvalue weighted by Crippen LogP contribution is -2.37. The first-order valence-corrected chi connectivity index (χ1v) is 7.01. The van der Waals surface area contributed by atoms with Gasteiger partial charge in [0.1, 0.15) is 11.5 Å². The Balaban J connectivity index is 3.15. The molecular weight excluding hydrogens is 268 g/mol. The van der Waals surface area contributed by atoms with E-state index in [9.17, 15) is 8.42 Å². The number of likely N-dealkylation sites (N-methyl/N-ethyl adjacent to an activating group) is 1. The molecule has 0 aliphatic rings. The van der Waals surface area contributed by atoms with Gasteiger partial charge in [0, 0.05) is 31.0 Å². The third kappa shape index (κ3) is 3.75. The Bertz CT molecular complexity index is 589. The van der Waals surface area contributed by atoms with Gasteiger partial charge >= 0.3 is 0 Å². The Morgan fingerprint density at radius 3 is 2.68 bits per heavy atom. The standard InChI is InChI=1S/C12H16N2O4S/c1-10(9-16)14(2)19(17,18)12-6-11(4-3-5-15)7-13-8-12/h6-8,10,15-16H,5,9H2,1-2H3. The second-order valence-corrected chi connectivity index (χ2v) is 5.92. The molecular formula is C12H16N2O4S. The quantitative estimate of drug-likeness (QED) is 0.722. The first-order valence-electron chi connectivity index (χ1n) is 5.57. The number of sulfonamides is 1. The van der Waals surface area contributed by atoms with Crippen LogP contribution in [0.1, 0.15) is 12.5 Å². The van der Waals surface area contributed by atoms with E-state index < -0.39 is 16.1 Å². The molecule has 1 unspecified atom stereocenters. The third-order valence-electron chi connectivity index (χ3n) is 2.59. The fraction of sp³-hybridized carbons (Fsp3) is 0.417. The van der Waals surface area contributed by atoms with E-state index in [0.29, 0.717) is 5.56 Å². The molecule has 0 aromatic carbocycles. The summed E-state index contributed by atoms with van der Waals surface area (Å²) in [5, 5.41) is 17.6. The maximum Gasteiger partial charge on any atom is 0.244 e. The maximum absolute atomic E-state index is 12.2. The van der Waals surface area contributed by atoms with E-state index in [1.807, 2.05) is 0 Å². The molecule has 1 aromatic heterocycles. The topological polar surface area (TPSA) is 90.7 Å². The normalized spacial score (nSPS) is 12.9. The zero-order valence-corrected chi connectivity index (χ0v) is 11.6. The van der Waals surface area contributed by atoms with Crippen LogP contribution in [0.25, 0.3) is 0 Å². The van der Waals surface area contributed by atoms with Crippen LogP contribution in [0.5, 0.6) is 0 Å². The van der Waals surface area contributed by atoms with Gasteiger partial charge in [-0.2, -0.15) is 4.31 Å². The van der Waals surface area contributed by atoms with E-state index in [2.05, 4.69) is 16.8 Å². The predicted octanol–water partition coefficient (Wildman–Crippen LogP) is -0.573. The van der Waals surface area contributed by atoms with E-state index in [-0.39, 0.29) is 18.1 Å². The van der Waals surface area contributed by atoms with Crippen LogP contribution in [0.15, 0.2) is 23.4 Å². The van der Waals surface area contributed by atoms with Gasteiger partial charge in [-0.25, -0.2) is 8.42 Å². The number of nitrogens with zero attached hydrogens (tertiary/aromatic N) is 2. The second-order valence-electron chi connectivity index (χ2n) is 3.92. The van der Waals surface area contributed by atoms with Crippen LogP contribution in [0.3, 0.4) is 0 Å². The van der Waals surface area contributed by atoms with Gasteiger partial charge in [0.05, 0.1) is 6.61 Å². The fourth-order valence-corrected chi connectivity index (χ4v) is 2.63. The maximum atomic E-state index is 12.2. The number of hydrogen-bond donors (Lipinski definition) is 2. The molecule has 0 spiro atoms. The first-order chi connectivity index (χ1) is 8.93. The van der Waals surface area contributed by atoms with Crippen molar-refractivity contribution in [1.82, 2.24) is 9.29 Å². The van der Waals surface area contributed by atoms with Crippen molar-refractivity contribution in [3.63, 3.8) is 0 Å². The summed E-state index contributed by atoms with van der Waals surface area (Å²) in [7, 11) is -2.33. The SMILES string of the molecule is CC(CO)N(C)S(=O)(=O)c1cncc(C#CCO)c1. The Labute approximate surface area is 112 Å². The van der Waals surface area contributed by atoms with Crippen LogP contribution >= 0.6 is 0 Å². The van der Waals surface area contributed by atoms with Gasteiger partial charge in [-0.05, 0) is 13.0 Å². The van der Waals surface area contributed by atoms with E-state index in [0.717, 1.165) is 4.31 Å². The molecule has 104 valence electrons. The monoisotopic (exact) mass is 284 g/mol. The largest absolute Gasteiger partial charge is 0.395 e. The number of pyridine rings is 1. The molecule has 19 heavy (non-hydrogen) atoms. The Morgan fingerprint density at radius 1 is 1.42 bits per heavy atom. The minimum Gasteiger partial charge on any atom is -0.395 e. The van der Waals surface area contributed by atoms with Crippen molar-refractivity contribution in [2.75, 3.05) is 20.3 Å². The molecule has 1 rings (SSSR count). The molecule has 7 heteroatoms. The molecule has 0 bridgehead atoms. The highest BCUT2D eigenvalue weighted by Gasteiger charge is 2.25. The highest BCUT2D eigenvalue weighted by atomic mass is 32.2. The lowest BCUT2D eigenvalue weighted by atomic mass is 10.3. The Morgan fingerprint density at radius 2 is 2.11 bits per heavy atom. The zero-order valence-electron chi connectivity index (χ0n) is 10.7. The molecule has 1 atom stereocenters. The summed E-state index contributed by atoms with van der Waals surface area (Å²) in [5.74, 6) is 5.02. The van der Waals surface area contributed by atoms with Crippen LogP contribution in [0.2, 0.25) is 0 Å². The Hall–Kier alpha value is -1.46. The number of hydrogen-bond acceptors (Lipinski definition) is 5. The highest BCUT2D eigenvalue weighted by Crippen LogP contribution is 2.16. The summed E-state index contributed by atoms with van der Waals surface area (Å²) in [6.07, 6.45) is 2.64. The lowest BCUT2D eigenvalue weighted by molar-refractivity contribution is 0.214. The van der Waals surface area contributed by atoms with E-state index in [4.69, 9.17) is 10.2 Å². The van der Waals surface area contributed by atoms with E-state index >= 15 is 0 Å².